The summed E-state index contributed by atoms with van der Waals surface area (Å²) in [6.45, 7) is 5.79. The average molecular weight is 291 g/mol. The molecule has 1 aromatic carbocycles. The predicted molar refractivity (Wildman–Crippen MR) is 72.5 cm³/mol. The van der Waals surface area contributed by atoms with Crippen LogP contribution in [0, 0.1) is 6.92 Å². The van der Waals surface area contributed by atoms with Gasteiger partial charge in [0.25, 0.3) is 0 Å². The van der Waals surface area contributed by atoms with Crippen molar-refractivity contribution in [2.45, 2.75) is 25.8 Å². The van der Waals surface area contributed by atoms with Crippen LogP contribution in [-0.4, -0.2) is 0 Å². The summed E-state index contributed by atoms with van der Waals surface area (Å²) in [5, 5.41) is 0. The Morgan fingerprint density at radius 1 is 1.53 bits per heavy atom. The fourth-order valence-electron chi connectivity index (χ4n) is 1.46. The summed E-state index contributed by atoms with van der Waals surface area (Å²) in [6, 6.07) is 6.35. The van der Waals surface area contributed by atoms with Gasteiger partial charge in [-0.1, -0.05) is 28.1 Å². The van der Waals surface area contributed by atoms with Crippen molar-refractivity contribution < 1.29 is 0 Å². The van der Waals surface area contributed by atoms with E-state index in [0.717, 1.165) is 17.3 Å². The van der Waals surface area contributed by atoms with Crippen LogP contribution in [0.2, 0.25) is 0 Å². The van der Waals surface area contributed by atoms with Crippen molar-refractivity contribution in [3.05, 3.63) is 46.5 Å². The van der Waals surface area contributed by atoms with Gasteiger partial charge in [-0.05, 0) is 43.0 Å². The van der Waals surface area contributed by atoms with Gasteiger partial charge in [-0.2, -0.15) is 0 Å². The van der Waals surface area contributed by atoms with E-state index in [1.807, 2.05) is 12.1 Å². The van der Waals surface area contributed by atoms with Crippen molar-refractivity contribution >= 4 is 28.3 Å². The highest BCUT2D eigenvalue weighted by Crippen LogP contribution is 2.23. The Hall–Kier alpha value is -0.310. The Labute approximate surface area is 106 Å². The smallest absolute Gasteiger partial charge is 0.0300 e. The van der Waals surface area contributed by atoms with Crippen LogP contribution < -0.4 is 5.73 Å². The molecule has 84 valence electrons. The van der Waals surface area contributed by atoms with Crippen LogP contribution in [0.25, 0.3) is 0 Å². The van der Waals surface area contributed by atoms with E-state index in [1.54, 1.807) is 0 Å². The van der Waals surface area contributed by atoms with Crippen LogP contribution in [0.15, 0.2) is 35.3 Å². The molecular weight excluding hydrogens is 273 g/mol. The molecule has 0 fully saturated rings. The van der Waals surface area contributed by atoms with Crippen molar-refractivity contribution in [1.82, 2.24) is 0 Å². The number of halogens is 2. The summed E-state index contributed by atoms with van der Waals surface area (Å²) in [7, 11) is 0. The number of hydrogen-bond donors (Lipinski definition) is 1. The third-order valence-corrected chi connectivity index (χ3v) is 2.82. The molecule has 0 spiro atoms. The lowest BCUT2D eigenvalue weighted by molar-refractivity contribution is 0.657. The highest BCUT2D eigenvalue weighted by molar-refractivity contribution is 9.10. The number of rotatable bonds is 4. The van der Waals surface area contributed by atoms with E-state index >= 15 is 0 Å². The minimum absolute atomic E-state index is 0. The third kappa shape index (κ3) is 4.37. The molecule has 0 bridgehead atoms. The van der Waals surface area contributed by atoms with Crippen molar-refractivity contribution in [1.29, 1.82) is 0 Å². The fourth-order valence-corrected chi connectivity index (χ4v) is 1.84. The van der Waals surface area contributed by atoms with Crippen molar-refractivity contribution in [2.24, 2.45) is 5.73 Å². The molecule has 1 aromatic rings. The molecule has 0 aliphatic heterocycles. The first-order valence-corrected chi connectivity index (χ1v) is 5.57. The Bertz CT molecular complexity index is 325. The van der Waals surface area contributed by atoms with Gasteiger partial charge in [0.2, 0.25) is 0 Å². The lowest BCUT2D eigenvalue weighted by atomic mass is 9.98. The summed E-state index contributed by atoms with van der Waals surface area (Å²) in [5.74, 6) is 0. The zero-order valence-corrected chi connectivity index (χ0v) is 11.3. The molecule has 0 saturated carbocycles. The molecule has 0 heterocycles. The van der Waals surface area contributed by atoms with Crippen molar-refractivity contribution in [3.8, 4) is 0 Å². The first-order chi connectivity index (χ1) is 6.65. The van der Waals surface area contributed by atoms with Crippen LogP contribution in [-0.2, 0) is 0 Å². The second-order valence-electron chi connectivity index (χ2n) is 3.47. The van der Waals surface area contributed by atoms with Crippen LogP contribution in [0.1, 0.15) is 30.0 Å². The first-order valence-electron chi connectivity index (χ1n) is 4.77. The van der Waals surface area contributed by atoms with E-state index in [-0.39, 0.29) is 18.4 Å². The van der Waals surface area contributed by atoms with Crippen LogP contribution in [0.3, 0.4) is 0 Å². The highest BCUT2D eigenvalue weighted by atomic mass is 79.9. The quantitative estimate of drug-likeness (QED) is 0.829. The summed E-state index contributed by atoms with van der Waals surface area (Å²) in [6.07, 6.45) is 3.83. The van der Waals surface area contributed by atoms with Gasteiger partial charge in [-0.15, -0.1) is 19.0 Å². The predicted octanol–water partition coefficient (Wildman–Crippen LogP) is 4.15. The number of benzene rings is 1. The number of hydrogen-bond acceptors (Lipinski definition) is 1. The summed E-state index contributed by atoms with van der Waals surface area (Å²) in [4.78, 5) is 0. The molecule has 0 amide bonds. The normalized spacial score (nSPS) is 11.7. The van der Waals surface area contributed by atoms with Crippen molar-refractivity contribution in [2.75, 3.05) is 0 Å². The Kier molecular flexibility index (Phi) is 6.90. The molecule has 3 heteroatoms. The molecule has 0 aliphatic carbocycles. The fraction of sp³-hybridized carbons (Fsp3) is 0.333. The van der Waals surface area contributed by atoms with Gasteiger partial charge in [-0.3, -0.25) is 0 Å². The molecule has 0 unspecified atom stereocenters. The van der Waals surface area contributed by atoms with E-state index in [4.69, 9.17) is 5.73 Å². The van der Waals surface area contributed by atoms with Crippen LogP contribution in [0.5, 0.6) is 0 Å². The molecule has 1 rings (SSSR count). The molecule has 0 radical (unpaired) electrons. The minimum atomic E-state index is 0. The zero-order chi connectivity index (χ0) is 10.6. The van der Waals surface area contributed by atoms with E-state index in [2.05, 4.69) is 41.6 Å². The summed E-state index contributed by atoms with van der Waals surface area (Å²) in [5.41, 5.74) is 8.56. The van der Waals surface area contributed by atoms with Gasteiger partial charge in [0.1, 0.15) is 0 Å². The average Bonchev–Trinajstić information content (AvgIpc) is 2.18. The van der Waals surface area contributed by atoms with Gasteiger partial charge < -0.3 is 5.73 Å². The molecule has 0 saturated heterocycles. The van der Waals surface area contributed by atoms with E-state index < -0.39 is 0 Å². The van der Waals surface area contributed by atoms with E-state index in [1.165, 1.54) is 11.1 Å². The maximum atomic E-state index is 6.08. The van der Waals surface area contributed by atoms with Gasteiger partial charge in [0.15, 0.2) is 0 Å². The van der Waals surface area contributed by atoms with Gasteiger partial charge in [0, 0.05) is 10.5 Å². The second-order valence-corrected chi connectivity index (χ2v) is 4.39. The number of allylic oxidation sites excluding steroid dienone is 1. The third-order valence-electron chi connectivity index (χ3n) is 2.32. The SMILES string of the molecule is C=CCC[C@@H](N)c1cc(Br)ccc1C.Cl. The van der Waals surface area contributed by atoms with Crippen LogP contribution >= 0.6 is 28.3 Å². The molecule has 1 atom stereocenters. The maximum Gasteiger partial charge on any atom is 0.0300 e. The number of nitrogens with two attached hydrogens (primary N) is 1. The molecule has 0 aliphatic rings. The lowest BCUT2D eigenvalue weighted by Gasteiger charge is -2.14. The summed E-state index contributed by atoms with van der Waals surface area (Å²) < 4.78 is 1.09. The van der Waals surface area contributed by atoms with Gasteiger partial charge in [-0.25, -0.2) is 0 Å². The minimum Gasteiger partial charge on any atom is -0.324 e. The summed E-state index contributed by atoms with van der Waals surface area (Å²) >= 11 is 3.46. The zero-order valence-electron chi connectivity index (χ0n) is 8.87. The van der Waals surface area contributed by atoms with Gasteiger partial charge in [0.05, 0.1) is 0 Å². The maximum absolute atomic E-state index is 6.08. The monoisotopic (exact) mass is 289 g/mol. The topological polar surface area (TPSA) is 26.0 Å². The Balaban J connectivity index is 0.00000196. The molecule has 1 nitrogen and oxygen atoms in total. The first kappa shape index (κ1) is 14.7. The Morgan fingerprint density at radius 3 is 2.80 bits per heavy atom. The molecule has 2 N–H and O–H groups in total. The van der Waals surface area contributed by atoms with Crippen molar-refractivity contribution in [3.63, 3.8) is 0 Å². The van der Waals surface area contributed by atoms with Gasteiger partial charge >= 0.3 is 0 Å². The second kappa shape index (κ2) is 7.04. The standard InChI is InChI=1S/C12H16BrN.ClH/c1-3-4-5-12(14)11-8-10(13)7-6-9(11)2;/h3,6-8,12H,1,4-5,14H2,2H3;1H/t12-;/m1./s1. The van der Waals surface area contributed by atoms with E-state index in [0.29, 0.717) is 0 Å². The number of aryl methyl sites for hydroxylation is 1. The molecule has 0 aromatic heterocycles. The Morgan fingerprint density at radius 2 is 2.20 bits per heavy atom. The lowest BCUT2D eigenvalue weighted by Crippen LogP contribution is -2.11. The van der Waals surface area contributed by atoms with E-state index in [9.17, 15) is 0 Å². The largest absolute Gasteiger partial charge is 0.324 e. The highest BCUT2D eigenvalue weighted by Gasteiger charge is 2.08. The molecule has 15 heavy (non-hydrogen) atoms. The van der Waals surface area contributed by atoms with Crippen LogP contribution in [0.4, 0.5) is 0 Å². The molecular formula is C12H17BrClN.